The van der Waals surface area contributed by atoms with Gasteiger partial charge in [0.2, 0.25) is 0 Å². The minimum atomic E-state index is -0.783. The van der Waals surface area contributed by atoms with Gasteiger partial charge >= 0.3 is 11.1 Å². The Kier molecular flexibility index (Phi) is 2.98. The average molecular weight is 284 g/mol. The van der Waals surface area contributed by atoms with Crippen LogP contribution >= 0.6 is 0 Å². The Balaban J connectivity index is 2.10. The predicted molar refractivity (Wildman–Crippen MR) is 75.0 cm³/mol. The first-order valence-corrected chi connectivity index (χ1v) is 6.11. The number of halogens is 1. The summed E-state index contributed by atoms with van der Waals surface area (Å²) in [5, 5.41) is 0. The molecule has 0 spiro atoms. The number of H-pyrrole nitrogens is 2. The maximum atomic E-state index is 12.9. The molecule has 0 fully saturated rings. The van der Waals surface area contributed by atoms with Crippen molar-refractivity contribution in [3.8, 4) is 0 Å². The molecule has 0 aliphatic heterocycles. The molecule has 104 valence electrons. The van der Waals surface area contributed by atoms with Crippen LogP contribution in [0.15, 0.2) is 52.1 Å². The molecule has 0 atom stereocenters. The van der Waals surface area contributed by atoms with Gasteiger partial charge in [-0.1, -0.05) is 0 Å². The van der Waals surface area contributed by atoms with Gasteiger partial charge in [-0.2, -0.15) is 0 Å². The van der Waals surface area contributed by atoms with E-state index in [0.29, 0.717) is 22.2 Å². The van der Waals surface area contributed by atoms with Gasteiger partial charge in [0, 0.05) is 11.1 Å². The first kappa shape index (κ1) is 13.0. The SMILES string of the molecule is O=C(c1ccc(F)cc1)c1ccc2[nH]c(=O)c(=O)[nH]c2c1. The molecule has 2 N–H and O–H groups in total. The van der Waals surface area contributed by atoms with Crippen LogP contribution in [0.5, 0.6) is 0 Å². The minimum absolute atomic E-state index is 0.302. The number of ketones is 1. The van der Waals surface area contributed by atoms with Crippen molar-refractivity contribution in [3.63, 3.8) is 0 Å². The highest BCUT2D eigenvalue weighted by Crippen LogP contribution is 2.14. The molecule has 21 heavy (non-hydrogen) atoms. The highest BCUT2D eigenvalue weighted by molar-refractivity contribution is 6.10. The molecule has 0 radical (unpaired) electrons. The molecular formula is C15H9FN2O3. The van der Waals surface area contributed by atoms with Crippen LogP contribution in [-0.4, -0.2) is 15.8 Å². The molecule has 1 heterocycles. The molecule has 2 aromatic carbocycles. The first-order chi connectivity index (χ1) is 10.0. The number of nitrogens with one attached hydrogen (secondary N) is 2. The molecule has 3 rings (SSSR count). The molecule has 5 nitrogen and oxygen atoms in total. The Morgan fingerprint density at radius 2 is 1.38 bits per heavy atom. The normalized spacial score (nSPS) is 10.7. The Labute approximate surface area is 117 Å². The van der Waals surface area contributed by atoms with Crippen LogP contribution in [0.3, 0.4) is 0 Å². The number of aromatic nitrogens is 2. The largest absolute Gasteiger partial charge is 0.316 e. The van der Waals surface area contributed by atoms with E-state index in [1.165, 1.54) is 42.5 Å². The number of hydrogen-bond donors (Lipinski definition) is 2. The van der Waals surface area contributed by atoms with Crippen molar-refractivity contribution in [3.05, 3.63) is 80.1 Å². The van der Waals surface area contributed by atoms with Gasteiger partial charge < -0.3 is 9.97 Å². The summed E-state index contributed by atoms with van der Waals surface area (Å²) in [6.07, 6.45) is 0. The first-order valence-electron chi connectivity index (χ1n) is 6.11. The molecule has 0 saturated carbocycles. The van der Waals surface area contributed by atoms with E-state index in [4.69, 9.17) is 0 Å². The van der Waals surface area contributed by atoms with E-state index >= 15 is 0 Å². The van der Waals surface area contributed by atoms with Gasteiger partial charge in [0.05, 0.1) is 11.0 Å². The molecule has 0 unspecified atom stereocenters. The smallest absolute Gasteiger partial charge is 0.314 e. The Bertz CT molecular complexity index is 955. The molecule has 0 amide bonds. The fraction of sp³-hybridized carbons (Fsp3) is 0. The van der Waals surface area contributed by atoms with Crippen molar-refractivity contribution >= 4 is 16.8 Å². The fourth-order valence-corrected chi connectivity index (χ4v) is 2.02. The summed E-state index contributed by atoms with van der Waals surface area (Å²) >= 11 is 0. The van der Waals surface area contributed by atoms with Gasteiger partial charge in [0.1, 0.15) is 5.82 Å². The number of carbonyl (C=O) groups is 1. The minimum Gasteiger partial charge on any atom is -0.316 e. The molecule has 0 aliphatic rings. The van der Waals surface area contributed by atoms with Gasteiger partial charge in [-0.25, -0.2) is 4.39 Å². The van der Waals surface area contributed by atoms with E-state index in [9.17, 15) is 18.8 Å². The molecular weight excluding hydrogens is 275 g/mol. The van der Waals surface area contributed by atoms with Crippen LogP contribution in [-0.2, 0) is 0 Å². The third kappa shape index (κ3) is 2.38. The zero-order valence-corrected chi connectivity index (χ0v) is 10.6. The van der Waals surface area contributed by atoms with E-state index in [1.54, 1.807) is 0 Å². The molecule has 6 heteroatoms. The van der Waals surface area contributed by atoms with E-state index in [-0.39, 0.29) is 5.78 Å². The van der Waals surface area contributed by atoms with Gasteiger partial charge in [-0.15, -0.1) is 0 Å². The molecule has 3 aromatic rings. The van der Waals surface area contributed by atoms with Crippen molar-refractivity contribution in [2.75, 3.05) is 0 Å². The number of aromatic amines is 2. The third-order valence-electron chi connectivity index (χ3n) is 3.09. The molecule has 0 bridgehead atoms. The highest BCUT2D eigenvalue weighted by atomic mass is 19.1. The number of carbonyl (C=O) groups excluding carboxylic acids is 1. The monoisotopic (exact) mass is 284 g/mol. The number of rotatable bonds is 2. The van der Waals surface area contributed by atoms with Crippen molar-refractivity contribution in [1.82, 2.24) is 9.97 Å². The lowest BCUT2D eigenvalue weighted by Crippen LogP contribution is -2.28. The van der Waals surface area contributed by atoms with Gasteiger partial charge in [-0.3, -0.25) is 14.4 Å². The zero-order valence-electron chi connectivity index (χ0n) is 10.6. The second-order valence-corrected chi connectivity index (χ2v) is 4.50. The zero-order chi connectivity index (χ0) is 15.0. The van der Waals surface area contributed by atoms with Crippen LogP contribution in [0.25, 0.3) is 11.0 Å². The maximum absolute atomic E-state index is 12.9. The van der Waals surface area contributed by atoms with Gasteiger partial charge in [0.15, 0.2) is 5.78 Å². The van der Waals surface area contributed by atoms with Crippen LogP contribution in [0.2, 0.25) is 0 Å². The van der Waals surface area contributed by atoms with E-state index < -0.39 is 16.9 Å². The second-order valence-electron chi connectivity index (χ2n) is 4.50. The Hall–Kier alpha value is -3.02. The topological polar surface area (TPSA) is 82.8 Å². The number of hydrogen-bond acceptors (Lipinski definition) is 3. The lowest BCUT2D eigenvalue weighted by atomic mass is 10.0. The molecule has 0 saturated heterocycles. The number of fused-ring (bicyclic) bond motifs is 1. The van der Waals surface area contributed by atoms with Crippen LogP contribution in [0.4, 0.5) is 4.39 Å². The summed E-state index contributed by atoms with van der Waals surface area (Å²) in [5.41, 5.74) is -0.0869. The second kappa shape index (κ2) is 4.82. The third-order valence-corrected chi connectivity index (χ3v) is 3.09. The van der Waals surface area contributed by atoms with Crippen molar-refractivity contribution in [2.45, 2.75) is 0 Å². The summed E-state index contributed by atoms with van der Waals surface area (Å²) < 4.78 is 12.9. The van der Waals surface area contributed by atoms with E-state index in [1.807, 2.05) is 0 Å². The fourth-order valence-electron chi connectivity index (χ4n) is 2.02. The van der Waals surface area contributed by atoms with Crippen LogP contribution < -0.4 is 11.1 Å². The van der Waals surface area contributed by atoms with Crippen LogP contribution in [0.1, 0.15) is 15.9 Å². The van der Waals surface area contributed by atoms with Gasteiger partial charge in [0.25, 0.3) is 0 Å². The summed E-state index contributed by atoms with van der Waals surface area (Å²) in [4.78, 5) is 39.6. The maximum Gasteiger partial charge on any atom is 0.314 e. The standard InChI is InChI=1S/C15H9FN2O3/c16-10-4-1-8(2-5-10)13(19)9-3-6-11-12(7-9)18-15(21)14(20)17-11/h1-7H,(H,17,20)(H,18,21). The lowest BCUT2D eigenvalue weighted by Gasteiger charge is -2.03. The van der Waals surface area contributed by atoms with Crippen molar-refractivity contribution in [2.24, 2.45) is 0 Å². The van der Waals surface area contributed by atoms with Gasteiger partial charge in [-0.05, 0) is 42.5 Å². The Morgan fingerprint density at radius 3 is 2.05 bits per heavy atom. The quantitative estimate of drug-likeness (QED) is 0.553. The Morgan fingerprint density at radius 1 is 0.810 bits per heavy atom. The predicted octanol–water partition coefficient (Wildman–Crippen LogP) is 1.59. The summed E-state index contributed by atoms with van der Waals surface area (Å²) in [6.45, 7) is 0. The average Bonchev–Trinajstić information content (AvgIpc) is 2.48. The summed E-state index contributed by atoms with van der Waals surface area (Å²) in [5.74, 6) is -0.726. The summed E-state index contributed by atoms with van der Waals surface area (Å²) in [6, 6.07) is 9.71. The van der Waals surface area contributed by atoms with E-state index in [0.717, 1.165) is 0 Å². The van der Waals surface area contributed by atoms with Crippen molar-refractivity contribution in [1.29, 1.82) is 0 Å². The highest BCUT2D eigenvalue weighted by Gasteiger charge is 2.10. The van der Waals surface area contributed by atoms with E-state index in [2.05, 4.69) is 9.97 Å². The summed E-state index contributed by atoms with van der Waals surface area (Å²) in [7, 11) is 0. The molecule has 1 aromatic heterocycles. The number of benzene rings is 2. The van der Waals surface area contributed by atoms with Crippen molar-refractivity contribution < 1.29 is 9.18 Å². The molecule has 0 aliphatic carbocycles. The van der Waals surface area contributed by atoms with Crippen LogP contribution in [0, 0.1) is 5.82 Å². The lowest BCUT2D eigenvalue weighted by molar-refractivity contribution is 0.103.